The van der Waals surface area contributed by atoms with Crippen molar-refractivity contribution in [3.05, 3.63) is 22.8 Å². The smallest absolute Gasteiger partial charge is 0.326 e. The summed E-state index contributed by atoms with van der Waals surface area (Å²) >= 11 is 0. The Labute approximate surface area is 213 Å². The number of fused-ring (bicyclic) bond motifs is 5. The molecule has 36 heavy (non-hydrogen) atoms. The van der Waals surface area contributed by atoms with E-state index in [9.17, 15) is 24.9 Å². The lowest BCUT2D eigenvalue weighted by atomic mass is 9.43. The third-order valence-corrected chi connectivity index (χ3v) is 10.5. The first-order valence-electron chi connectivity index (χ1n) is 13.5. The minimum Gasteiger partial charge on any atom is -0.508 e. The van der Waals surface area contributed by atoms with Crippen LogP contribution in [0.4, 0.5) is 0 Å². The third-order valence-electron chi connectivity index (χ3n) is 10.5. The number of carbonyl (C=O) groups excluding carboxylic acids is 1. The fourth-order valence-electron chi connectivity index (χ4n) is 8.35. The van der Waals surface area contributed by atoms with Crippen LogP contribution in [0, 0.1) is 28.6 Å². The number of aromatic hydroxyl groups is 1. The van der Waals surface area contributed by atoms with Crippen molar-refractivity contribution in [2.75, 3.05) is 0 Å². The van der Waals surface area contributed by atoms with Crippen LogP contribution in [0.5, 0.6) is 11.5 Å². The van der Waals surface area contributed by atoms with Crippen molar-refractivity contribution in [2.24, 2.45) is 28.6 Å². The van der Waals surface area contributed by atoms with Gasteiger partial charge in [-0.2, -0.15) is 0 Å². The molecule has 6 atom stereocenters. The minimum atomic E-state index is -1.01. The molecule has 7 nitrogen and oxygen atoms in total. The molecule has 0 saturated heterocycles. The van der Waals surface area contributed by atoms with E-state index >= 15 is 0 Å². The molecule has 0 radical (unpaired) electrons. The Bertz CT molecular complexity index is 1110. The number of amides is 1. The van der Waals surface area contributed by atoms with E-state index in [1.165, 1.54) is 11.0 Å². The highest BCUT2D eigenvalue weighted by Gasteiger charge is 2.67. The molecular weight excluding hydrogens is 458 g/mol. The number of phenols is 1. The van der Waals surface area contributed by atoms with Crippen molar-refractivity contribution in [3.8, 4) is 11.5 Å². The predicted molar refractivity (Wildman–Crippen MR) is 135 cm³/mol. The van der Waals surface area contributed by atoms with Gasteiger partial charge in [0.2, 0.25) is 0 Å². The van der Waals surface area contributed by atoms with E-state index < -0.39 is 17.6 Å². The van der Waals surface area contributed by atoms with Crippen LogP contribution in [0.2, 0.25) is 0 Å². The molecule has 0 aromatic heterocycles. The number of hydrogen-bond donors (Lipinski definition) is 3. The van der Waals surface area contributed by atoms with Crippen molar-refractivity contribution in [1.29, 1.82) is 0 Å². The zero-order chi connectivity index (χ0) is 26.4. The number of ether oxygens (including phenoxy) is 1. The van der Waals surface area contributed by atoms with Crippen LogP contribution in [0.1, 0.15) is 95.1 Å². The van der Waals surface area contributed by atoms with E-state index in [1.807, 2.05) is 13.8 Å². The molecular formula is C29H41NO6. The summed E-state index contributed by atoms with van der Waals surface area (Å²) in [5, 5.41) is 31.9. The number of hydrogen-bond acceptors (Lipinski definition) is 5. The largest absolute Gasteiger partial charge is 0.508 e. The Morgan fingerprint density at radius 1 is 1.19 bits per heavy atom. The normalized spacial score (nSPS) is 35.4. The molecule has 7 heteroatoms. The van der Waals surface area contributed by atoms with Crippen LogP contribution in [-0.2, 0) is 17.8 Å². The Morgan fingerprint density at radius 3 is 2.53 bits per heavy atom. The van der Waals surface area contributed by atoms with Crippen molar-refractivity contribution in [3.63, 3.8) is 0 Å². The van der Waals surface area contributed by atoms with Crippen molar-refractivity contribution >= 4 is 11.9 Å². The fraction of sp³-hybridized carbons (Fsp3) is 0.724. The van der Waals surface area contributed by atoms with Gasteiger partial charge >= 0.3 is 5.97 Å². The zero-order valence-corrected chi connectivity index (χ0v) is 22.4. The number of aliphatic hydroxyl groups is 1. The summed E-state index contributed by atoms with van der Waals surface area (Å²) in [4.78, 5) is 26.9. The fourth-order valence-corrected chi connectivity index (χ4v) is 8.35. The zero-order valence-electron chi connectivity index (χ0n) is 22.4. The Hall–Kier alpha value is -2.28. The molecule has 2 aliphatic carbocycles. The van der Waals surface area contributed by atoms with Gasteiger partial charge in [0.1, 0.15) is 23.1 Å². The van der Waals surface area contributed by atoms with Crippen LogP contribution in [0.3, 0.4) is 0 Å². The number of rotatable bonds is 4. The molecule has 5 rings (SSSR count). The van der Waals surface area contributed by atoms with Gasteiger partial charge < -0.3 is 25.0 Å². The van der Waals surface area contributed by atoms with Gasteiger partial charge in [-0.25, -0.2) is 4.79 Å². The number of benzene rings is 1. The molecule has 1 amide bonds. The number of aliphatic carboxylic acids is 1. The number of nitrogens with zero attached hydrogens (tertiary/aromatic N) is 1. The van der Waals surface area contributed by atoms with E-state index in [0.717, 1.165) is 24.8 Å². The first-order valence-corrected chi connectivity index (χ1v) is 13.5. The molecule has 2 aliphatic heterocycles. The molecule has 3 N–H and O–H groups in total. The van der Waals surface area contributed by atoms with Crippen molar-refractivity contribution in [2.45, 2.75) is 104 Å². The Balaban J connectivity index is 1.57. The molecule has 2 fully saturated rings. The number of carbonyl (C=O) groups is 2. The highest BCUT2D eigenvalue weighted by atomic mass is 16.5. The number of carboxylic acids is 1. The van der Waals surface area contributed by atoms with Crippen molar-refractivity contribution in [1.82, 2.24) is 4.90 Å². The second-order valence-electron chi connectivity index (χ2n) is 13.1. The summed E-state index contributed by atoms with van der Waals surface area (Å²) in [7, 11) is 0. The number of aliphatic hydroxyl groups excluding tert-OH is 1. The maximum atomic E-state index is 13.4. The summed E-state index contributed by atoms with van der Waals surface area (Å²) in [6.07, 6.45) is 4.10. The van der Waals surface area contributed by atoms with Crippen LogP contribution >= 0.6 is 0 Å². The van der Waals surface area contributed by atoms with Crippen LogP contribution in [0.15, 0.2) is 6.07 Å². The van der Waals surface area contributed by atoms with E-state index in [0.29, 0.717) is 36.1 Å². The van der Waals surface area contributed by atoms with E-state index in [4.69, 9.17) is 4.74 Å². The maximum absolute atomic E-state index is 13.4. The van der Waals surface area contributed by atoms with Crippen molar-refractivity contribution < 1.29 is 29.6 Å². The van der Waals surface area contributed by atoms with E-state index in [2.05, 4.69) is 27.7 Å². The summed E-state index contributed by atoms with van der Waals surface area (Å²) in [5.41, 5.74) is 0.769. The SMILES string of the molecule is CC(C)CC(C(=O)O)N1Cc2c(cc(O)c3c2OC2(C3)C(C)CCC3C(C)(C)C(O)CCC32C)C1=O. The molecule has 2 saturated carbocycles. The minimum absolute atomic E-state index is 0.0552. The highest BCUT2D eigenvalue weighted by Crippen LogP contribution is 2.67. The van der Waals surface area contributed by atoms with Gasteiger partial charge in [0.25, 0.3) is 5.91 Å². The standard InChI is InChI=1S/C29H41NO6/c1-15(2)11-20(26(34)35)30-14-19-17(25(30)33)12-21(31)18-13-29(36-24(18)19)16(3)7-8-22-27(4,5)23(32)9-10-28(22,29)6/h12,15-16,20,22-23,31-32H,7-11,13-14H2,1-6H3,(H,34,35). The highest BCUT2D eigenvalue weighted by molar-refractivity contribution is 6.02. The second-order valence-corrected chi connectivity index (χ2v) is 13.1. The first-order chi connectivity index (χ1) is 16.7. The lowest BCUT2D eigenvalue weighted by molar-refractivity contribution is -0.210. The van der Waals surface area contributed by atoms with Crippen LogP contribution in [0.25, 0.3) is 0 Å². The summed E-state index contributed by atoms with van der Waals surface area (Å²) < 4.78 is 7.02. The molecule has 4 aliphatic rings. The lowest BCUT2D eigenvalue weighted by Gasteiger charge is -2.64. The quantitative estimate of drug-likeness (QED) is 0.552. The summed E-state index contributed by atoms with van der Waals surface area (Å²) in [5.74, 6) is -0.132. The predicted octanol–water partition coefficient (Wildman–Crippen LogP) is 4.75. The van der Waals surface area contributed by atoms with Gasteiger partial charge in [0, 0.05) is 23.0 Å². The summed E-state index contributed by atoms with van der Waals surface area (Å²) in [6.45, 7) is 12.9. The Kier molecular flexibility index (Phi) is 5.71. The van der Waals surface area contributed by atoms with Gasteiger partial charge in [-0.3, -0.25) is 4.79 Å². The maximum Gasteiger partial charge on any atom is 0.326 e. The average Bonchev–Trinajstić information content (AvgIpc) is 3.34. The number of phenolic OH excluding ortho intramolecular Hbond substituents is 1. The van der Waals surface area contributed by atoms with Gasteiger partial charge in [-0.1, -0.05) is 41.5 Å². The van der Waals surface area contributed by atoms with Gasteiger partial charge in [0.15, 0.2) is 0 Å². The molecule has 0 bridgehead atoms. The van der Waals surface area contributed by atoms with Crippen LogP contribution in [-0.4, -0.2) is 49.8 Å². The van der Waals surface area contributed by atoms with Gasteiger partial charge in [-0.05, 0) is 61.3 Å². The van der Waals surface area contributed by atoms with Crippen LogP contribution < -0.4 is 4.74 Å². The molecule has 6 unspecified atom stereocenters. The van der Waals surface area contributed by atoms with E-state index in [-0.39, 0.29) is 52.9 Å². The molecule has 2 heterocycles. The average molecular weight is 500 g/mol. The third kappa shape index (κ3) is 3.27. The molecule has 1 spiro atoms. The lowest BCUT2D eigenvalue weighted by Crippen LogP contribution is -2.66. The van der Waals surface area contributed by atoms with Gasteiger partial charge in [-0.15, -0.1) is 0 Å². The second kappa shape index (κ2) is 8.11. The monoisotopic (exact) mass is 499 g/mol. The van der Waals surface area contributed by atoms with Gasteiger partial charge in [0.05, 0.1) is 18.2 Å². The molecule has 198 valence electrons. The molecule has 1 aromatic rings. The first kappa shape index (κ1) is 25.4. The summed E-state index contributed by atoms with van der Waals surface area (Å²) in [6, 6.07) is 0.601. The van der Waals surface area contributed by atoms with E-state index in [1.54, 1.807) is 0 Å². The number of carboxylic acid groups (broad SMARTS) is 1. The Morgan fingerprint density at radius 2 is 1.89 bits per heavy atom. The topological polar surface area (TPSA) is 107 Å². The molecule has 1 aromatic carbocycles.